The van der Waals surface area contributed by atoms with E-state index in [1.807, 2.05) is 146 Å². The van der Waals surface area contributed by atoms with Gasteiger partial charge in [0, 0.05) is 0 Å². The van der Waals surface area contributed by atoms with Gasteiger partial charge in [-0.15, -0.1) is 15.0 Å². The highest BCUT2D eigenvalue weighted by atomic mass is 35.5. The van der Waals surface area contributed by atoms with E-state index in [4.69, 9.17) is 63.2 Å². The van der Waals surface area contributed by atoms with Crippen molar-refractivity contribution >= 4 is 34.8 Å². The Balaban J connectivity index is 0.979. The quantitative estimate of drug-likeness (QED) is 0.140. The first-order valence-corrected chi connectivity index (χ1v) is 24.1. The molecule has 0 atom stereocenters. The zero-order valence-electron chi connectivity index (χ0n) is 38.4. The smallest absolute Gasteiger partial charge is 0.329 e. The predicted molar refractivity (Wildman–Crippen MR) is 280 cm³/mol. The second kappa shape index (κ2) is 19.1. The number of halogens is 3. The van der Waals surface area contributed by atoms with E-state index in [1.165, 1.54) is 0 Å². The van der Waals surface area contributed by atoms with Gasteiger partial charge in [-0.25, -0.2) is 0 Å². The van der Waals surface area contributed by atoms with Crippen LogP contribution in [0.1, 0.15) is 0 Å². The summed E-state index contributed by atoms with van der Waals surface area (Å²) in [4.78, 5) is 38.6. The van der Waals surface area contributed by atoms with Gasteiger partial charge in [-0.3, -0.25) is 0 Å². The van der Waals surface area contributed by atoms with E-state index in [2.05, 4.69) is 81.3 Å². The van der Waals surface area contributed by atoms with E-state index in [9.17, 15) is 0 Å². The number of ether oxygens (including phenoxy) is 6. The van der Waals surface area contributed by atoms with E-state index >= 15 is 0 Å². The van der Waals surface area contributed by atoms with Crippen LogP contribution in [0.25, 0.3) is 66.8 Å². The van der Waals surface area contributed by atoms with Gasteiger partial charge in [0.15, 0.2) is 0 Å². The van der Waals surface area contributed by atoms with Gasteiger partial charge in [-0.2, -0.15) is 29.9 Å². The van der Waals surface area contributed by atoms with Crippen molar-refractivity contribution in [2.75, 3.05) is 0 Å². The molecule has 0 amide bonds. The Labute approximate surface area is 441 Å². The number of aromatic nitrogens is 9. The summed E-state index contributed by atoms with van der Waals surface area (Å²) in [5.41, 5.74) is 10.8. The highest BCUT2D eigenvalue weighted by molar-refractivity contribution is 6.28. The van der Waals surface area contributed by atoms with Crippen LogP contribution >= 0.6 is 34.8 Å². The fourth-order valence-corrected chi connectivity index (χ4v) is 8.83. The summed E-state index contributed by atoms with van der Waals surface area (Å²) >= 11 is 19.2. The van der Waals surface area contributed by atoms with Crippen molar-refractivity contribution in [3.8, 4) is 137 Å². The van der Waals surface area contributed by atoms with E-state index in [1.54, 1.807) is 0 Å². The summed E-state index contributed by atoms with van der Waals surface area (Å²) < 4.78 is 36.7. The van der Waals surface area contributed by atoms with E-state index in [-0.39, 0.29) is 51.9 Å². The standard InChI is InChI=1S/C57H30Cl3N9O6/c58-49-61-52-67-53(62-49)71-46-19-7-34(8-20-46)40-28-41-30-42(29-40)36-11-23-48(24-12-36)75-57-66-51(60)64-55(69-57)73-45-17-5-33(6-18-45)39-26-37(31-1-13-43(70-52)14-2-31)25-38(27-39)32-3-15-44(16-4-32)72-54-63-50(59)65-56(68-54)74-47-21-9-35(41)10-22-47/h1-30H. The van der Waals surface area contributed by atoms with Gasteiger partial charge in [0.25, 0.3) is 0 Å². The van der Waals surface area contributed by atoms with Crippen LogP contribution in [-0.4, -0.2) is 44.9 Å². The Morgan fingerprint density at radius 3 is 0.480 bits per heavy atom. The number of benzene rings is 8. The summed E-state index contributed by atoms with van der Waals surface area (Å²) in [5, 5.41) is -0.302. The minimum absolute atomic E-state index is 0.0444. The summed E-state index contributed by atoms with van der Waals surface area (Å²) in [7, 11) is 0. The molecule has 15 nitrogen and oxygen atoms in total. The molecule has 0 saturated carbocycles. The first-order valence-electron chi connectivity index (χ1n) is 22.9. The molecule has 32 rings (SSSR count). The van der Waals surface area contributed by atoms with Crippen molar-refractivity contribution in [2.45, 2.75) is 0 Å². The fraction of sp³-hybridized carbons (Fsp3) is 0. The molecule has 11 aromatic rings. The molecular formula is C57H30Cl3N9O6. The predicted octanol–water partition coefficient (Wildman–Crippen LogP) is 15.6. The maximum Gasteiger partial charge on any atom is 0.329 e. The Morgan fingerprint density at radius 1 is 0.187 bits per heavy atom. The zero-order chi connectivity index (χ0) is 50.4. The van der Waals surface area contributed by atoms with Gasteiger partial charge >= 0.3 is 36.1 Å². The first kappa shape index (κ1) is 45.3. The fourth-order valence-electron chi connectivity index (χ4n) is 8.40. The van der Waals surface area contributed by atoms with E-state index < -0.39 is 0 Å². The zero-order valence-corrected chi connectivity index (χ0v) is 40.7. The van der Waals surface area contributed by atoms with Crippen LogP contribution in [-0.2, 0) is 0 Å². The average molecular weight is 1040 g/mol. The molecule has 0 fully saturated rings. The van der Waals surface area contributed by atoms with Crippen LogP contribution in [0.2, 0.25) is 15.9 Å². The highest BCUT2D eigenvalue weighted by Gasteiger charge is 2.17. The monoisotopic (exact) mass is 1040 g/mol. The van der Waals surface area contributed by atoms with Crippen LogP contribution < -0.4 is 28.4 Å². The van der Waals surface area contributed by atoms with Gasteiger partial charge in [-0.05, 0) is 211 Å². The van der Waals surface area contributed by atoms with Crippen LogP contribution in [0.3, 0.4) is 0 Å². The summed E-state index contributed by atoms with van der Waals surface area (Å²) in [6.45, 7) is 0. The Kier molecular flexibility index (Phi) is 11.6. The SMILES string of the molecule is Clc1nc2nc(n1)Oc1ccc(cc1)-c1cc3cc(c1)-c1ccc(cc1)Oc1nc(Cl)nc(n1)Oc1ccc(cc1)-c1cc(cc(c1)-c1ccc(cc1)Oc1nc(Cl)nc(n1)Oc1ccc-3cc1)-c1ccc(cc1)O2. The second-order valence-corrected chi connectivity index (χ2v) is 17.9. The topological polar surface area (TPSA) is 171 Å². The molecule has 0 aliphatic carbocycles. The molecule has 0 radical (unpaired) electrons. The maximum absolute atomic E-state index is 6.41. The molecule has 18 heteroatoms. The molecule has 0 unspecified atom stereocenters. The maximum atomic E-state index is 6.41. The molecule has 24 bridgehead atoms. The van der Waals surface area contributed by atoms with Crippen molar-refractivity contribution in [3.05, 3.63) is 198 Å². The lowest BCUT2D eigenvalue weighted by atomic mass is 9.93. The molecule has 75 heavy (non-hydrogen) atoms. The third kappa shape index (κ3) is 10.0. The summed E-state index contributed by atoms with van der Waals surface area (Å²) in [6, 6.07) is 57.4. The van der Waals surface area contributed by atoms with Crippen molar-refractivity contribution in [1.29, 1.82) is 0 Å². The van der Waals surface area contributed by atoms with Crippen molar-refractivity contribution in [3.63, 3.8) is 0 Å². The number of rotatable bonds is 0. The number of nitrogens with zero attached hydrogens (tertiary/aromatic N) is 9. The molecule has 21 aliphatic heterocycles. The van der Waals surface area contributed by atoms with E-state index in [0.717, 1.165) is 66.8 Å². The molecule has 0 spiro atoms. The van der Waals surface area contributed by atoms with E-state index in [0.29, 0.717) is 34.5 Å². The Hall–Kier alpha value is -9.54. The molecule has 24 heterocycles. The molecular weight excluding hydrogens is 1010 g/mol. The van der Waals surface area contributed by atoms with Crippen LogP contribution in [0.4, 0.5) is 0 Å². The van der Waals surface area contributed by atoms with Crippen LogP contribution in [0.5, 0.6) is 70.6 Å². The van der Waals surface area contributed by atoms with Crippen molar-refractivity contribution in [2.24, 2.45) is 0 Å². The molecule has 3 aromatic heterocycles. The number of hydrogen-bond acceptors (Lipinski definition) is 15. The lowest BCUT2D eigenvalue weighted by Crippen LogP contribution is -1.99. The van der Waals surface area contributed by atoms with Crippen LogP contribution in [0, 0.1) is 0 Å². The van der Waals surface area contributed by atoms with Gasteiger partial charge in [-0.1, -0.05) is 72.8 Å². The molecule has 0 N–H and O–H groups in total. The Morgan fingerprint density at radius 2 is 0.333 bits per heavy atom. The minimum Gasteiger partial charge on any atom is -0.424 e. The molecule has 21 aliphatic rings. The van der Waals surface area contributed by atoms with Crippen molar-refractivity contribution in [1.82, 2.24) is 44.9 Å². The normalized spacial score (nSPS) is 12.0. The van der Waals surface area contributed by atoms with Crippen LogP contribution in [0.15, 0.2) is 182 Å². The third-order valence-corrected chi connectivity index (χ3v) is 12.5. The van der Waals surface area contributed by atoms with Gasteiger partial charge in [0.05, 0.1) is 0 Å². The average Bonchev–Trinajstić information content (AvgIpc) is 3.41. The number of hydrogen-bond donors (Lipinski definition) is 0. The molecule has 0 saturated heterocycles. The first-order chi connectivity index (χ1) is 36.7. The van der Waals surface area contributed by atoms with Gasteiger partial charge in [0.2, 0.25) is 15.9 Å². The van der Waals surface area contributed by atoms with Gasteiger partial charge in [0.1, 0.15) is 34.5 Å². The lowest BCUT2D eigenvalue weighted by molar-refractivity contribution is 0.396. The largest absolute Gasteiger partial charge is 0.424 e. The minimum atomic E-state index is -0.101. The molecule has 360 valence electrons. The van der Waals surface area contributed by atoms with Crippen molar-refractivity contribution < 1.29 is 28.4 Å². The summed E-state index contributed by atoms with van der Waals surface area (Å²) in [5.74, 6) is 2.75. The van der Waals surface area contributed by atoms with Gasteiger partial charge < -0.3 is 28.4 Å². The second-order valence-electron chi connectivity index (χ2n) is 16.9. The third-order valence-electron chi connectivity index (χ3n) is 11.9. The lowest BCUT2D eigenvalue weighted by Gasteiger charge is -2.14. The summed E-state index contributed by atoms with van der Waals surface area (Å²) in [6.07, 6.45) is 0. The molecule has 8 aromatic carbocycles. The Bertz CT molecular complexity index is 3290. The highest BCUT2D eigenvalue weighted by Crippen LogP contribution is 2.39.